The van der Waals surface area contributed by atoms with Crippen molar-refractivity contribution in [2.75, 3.05) is 0 Å². The summed E-state index contributed by atoms with van der Waals surface area (Å²) in [7, 11) is -4.56. The van der Waals surface area contributed by atoms with Gasteiger partial charge in [-0.2, -0.15) is 0 Å². The van der Waals surface area contributed by atoms with Crippen molar-refractivity contribution in [3.05, 3.63) is 0 Å². The van der Waals surface area contributed by atoms with Crippen LogP contribution in [0.4, 0.5) is 0 Å². The highest BCUT2D eigenvalue weighted by molar-refractivity contribution is 7.37. The normalized spacial score (nSPS) is 11.9. The Morgan fingerprint density at radius 3 is 1.36 bits per heavy atom. The second kappa shape index (κ2) is 8.86. The third-order valence-corrected chi connectivity index (χ3v) is 10.2. The summed E-state index contributed by atoms with van der Waals surface area (Å²) in [6.45, 7) is 8.41. The Morgan fingerprint density at radius 2 is 1.14 bits per heavy atom. The molecule has 0 bridgehead atoms. The Hall–Kier alpha value is 0.584. The number of hydrogen-bond donors (Lipinski definition) is 0. The molecule has 0 unspecified atom stereocenters. The summed E-state index contributed by atoms with van der Waals surface area (Å²) in [6.07, 6.45) is 0. The molecule has 0 saturated carbocycles. The quantitative estimate of drug-likeness (QED) is 0.493. The molecule has 0 rings (SSSR count). The van der Waals surface area contributed by atoms with Crippen LogP contribution in [0.15, 0.2) is 0 Å². The first-order valence-electron chi connectivity index (χ1n) is 5.55. The van der Waals surface area contributed by atoms with Gasteiger partial charge < -0.3 is 8.43 Å². The Kier molecular flexibility index (Phi) is 9.23. The lowest BCUT2D eigenvalue weighted by molar-refractivity contribution is 0.419. The third-order valence-electron chi connectivity index (χ3n) is 2.35. The fraction of sp³-hybridized carbons (Fsp3) is 1.00. The molecule has 0 amide bonds. The predicted molar refractivity (Wildman–Crippen MR) is 67.4 cm³/mol. The molecule has 0 aromatic rings. The van der Waals surface area contributed by atoms with E-state index in [4.69, 9.17) is 8.43 Å². The minimum Gasteiger partial charge on any atom is -0.357 e. The summed E-state index contributed by atoms with van der Waals surface area (Å²) in [6, 6.07) is 4.17. The molecule has 0 spiro atoms. The average Bonchev–Trinajstić information content (AvgIpc) is 2.22. The van der Waals surface area contributed by atoms with Gasteiger partial charge in [0.05, 0.1) is 0 Å². The second-order valence-electron chi connectivity index (χ2n) is 3.36. The largest absolute Gasteiger partial charge is 0.357 e. The van der Waals surface area contributed by atoms with Crippen LogP contribution in [0.1, 0.15) is 27.7 Å². The van der Waals surface area contributed by atoms with E-state index in [0.717, 1.165) is 24.2 Å². The zero-order chi connectivity index (χ0) is 11.0. The van der Waals surface area contributed by atoms with Gasteiger partial charge in [0, 0.05) is 0 Å². The standard InChI is InChI=1S/C8H23O3PSi2/c1-5-13(6-2)10-12(9)11-14(7-3)8-4/h12-14H,5-8H2,1-4H3. The maximum Gasteiger partial charge on any atom is 0.299 e. The van der Waals surface area contributed by atoms with Crippen molar-refractivity contribution in [3.63, 3.8) is 0 Å². The van der Waals surface area contributed by atoms with Crippen LogP contribution in [0.5, 0.6) is 0 Å². The minimum atomic E-state index is -2.16. The molecule has 0 aromatic carbocycles. The van der Waals surface area contributed by atoms with E-state index in [9.17, 15) is 4.57 Å². The summed E-state index contributed by atoms with van der Waals surface area (Å²) in [5.41, 5.74) is 0. The Morgan fingerprint density at radius 1 is 0.857 bits per heavy atom. The van der Waals surface area contributed by atoms with E-state index in [-0.39, 0.29) is 0 Å². The zero-order valence-electron chi connectivity index (χ0n) is 9.71. The van der Waals surface area contributed by atoms with Crippen LogP contribution >= 0.6 is 8.25 Å². The van der Waals surface area contributed by atoms with Crippen molar-refractivity contribution in [2.45, 2.75) is 51.9 Å². The van der Waals surface area contributed by atoms with Crippen molar-refractivity contribution >= 4 is 26.3 Å². The minimum absolute atomic E-state index is 1.04. The summed E-state index contributed by atoms with van der Waals surface area (Å²) in [5.74, 6) is 0. The molecule has 0 radical (unpaired) electrons. The van der Waals surface area contributed by atoms with E-state index >= 15 is 0 Å². The lowest BCUT2D eigenvalue weighted by Crippen LogP contribution is -2.15. The van der Waals surface area contributed by atoms with Crippen molar-refractivity contribution in [1.29, 1.82) is 0 Å². The molecule has 0 heterocycles. The summed E-state index contributed by atoms with van der Waals surface area (Å²) < 4.78 is 22.5. The van der Waals surface area contributed by atoms with Crippen LogP contribution in [0.3, 0.4) is 0 Å². The van der Waals surface area contributed by atoms with Gasteiger partial charge in [-0.3, -0.25) is 4.57 Å². The monoisotopic (exact) mass is 254 g/mol. The highest BCUT2D eigenvalue weighted by atomic mass is 31.1. The molecule has 6 heteroatoms. The molecule has 3 nitrogen and oxygen atoms in total. The van der Waals surface area contributed by atoms with Gasteiger partial charge in [-0.1, -0.05) is 27.7 Å². The van der Waals surface area contributed by atoms with E-state index in [1.807, 2.05) is 0 Å². The van der Waals surface area contributed by atoms with Gasteiger partial charge in [0.2, 0.25) is 0 Å². The van der Waals surface area contributed by atoms with Crippen molar-refractivity contribution in [1.82, 2.24) is 0 Å². The first kappa shape index (κ1) is 14.6. The SMILES string of the molecule is CC[SiH](CC)O[PH](=O)O[SiH](CC)CC. The van der Waals surface area contributed by atoms with Gasteiger partial charge in [-0.15, -0.1) is 0 Å². The maximum absolute atomic E-state index is 11.5. The summed E-state index contributed by atoms with van der Waals surface area (Å²) >= 11 is 0. The van der Waals surface area contributed by atoms with E-state index in [0.29, 0.717) is 0 Å². The van der Waals surface area contributed by atoms with Gasteiger partial charge in [-0.05, 0) is 24.2 Å². The van der Waals surface area contributed by atoms with Crippen LogP contribution in [0.25, 0.3) is 0 Å². The molecule has 0 atom stereocenters. The Bertz CT molecular complexity index is 145. The lowest BCUT2D eigenvalue weighted by Gasteiger charge is -2.16. The summed E-state index contributed by atoms with van der Waals surface area (Å²) in [5, 5.41) is 0. The topological polar surface area (TPSA) is 35.5 Å². The van der Waals surface area contributed by atoms with Crippen molar-refractivity contribution < 1.29 is 13.0 Å². The molecule has 0 aliphatic carbocycles. The molecular formula is C8H23O3PSi2. The maximum atomic E-state index is 11.5. The highest BCUT2D eigenvalue weighted by Crippen LogP contribution is 2.29. The molecule has 0 saturated heterocycles. The number of rotatable bonds is 8. The van der Waals surface area contributed by atoms with Gasteiger partial charge in [0.25, 0.3) is 8.25 Å². The van der Waals surface area contributed by atoms with E-state index in [2.05, 4.69) is 27.7 Å². The lowest BCUT2D eigenvalue weighted by atomic mass is 11.0. The second-order valence-corrected chi connectivity index (χ2v) is 11.5. The highest BCUT2D eigenvalue weighted by Gasteiger charge is 2.15. The van der Waals surface area contributed by atoms with Crippen LogP contribution < -0.4 is 0 Å². The van der Waals surface area contributed by atoms with Crippen molar-refractivity contribution in [3.8, 4) is 0 Å². The van der Waals surface area contributed by atoms with E-state index < -0.39 is 26.3 Å². The molecule has 0 aliphatic rings. The molecular weight excluding hydrogens is 231 g/mol. The zero-order valence-corrected chi connectivity index (χ0v) is 13.0. The molecule has 0 N–H and O–H groups in total. The summed E-state index contributed by atoms with van der Waals surface area (Å²) in [4.78, 5) is 0. The molecule has 86 valence electrons. The van der Waals surface area contributed by atoms with Gasteiger partial charge in [0.1, 0.15) is 0 Å². The van der Waals surface area contributed by atoms with Crippen LogP contribution in [0, 0.1) is 0 Å². The van der Waals surface area contributed by atoms with Gasteiger partial charge >= 0.3 is 0 Å². The van der Waals surface area contributed by atoms with Gasteiger partial charge in [0.15, 0.2) is 18.1 Å². The fourth-order valence-electron chi connectivity index (χ4n) is 1.21. The molecule has 0 aromatic heterocycles. The van der Waals surface area contributed by atoms with Crippen molar-refractivity contribution in [2.24, 2.45) is 0 Å². The Labute approximate surface area is 91.6 Å². The van der Waals surface area contributed by atoms with Crippen LogP contribution in [0.2, 0.25) is 24.2 Å². The Balaban J connectivity index is 3.83. The first-order chi connectivity index (χ1) is 6.67. The smallest absolute Gasteiger partial charge is 0.299 e. The molecule has 0 aliphatic heterocycles. The first-order valence-corrected chi connectivity index (χ1v) is 11.0. The van der Waals surface area contributed by atoms with E-state index in [1.165, 1.54) is 0 Å². The van der Waals surface area contributed by atoms with E-state index in [1.54, 1.807) is 0 Å². The predicted octanol–water partition coefficient (Wildman–Crippen LogP) is 2.94. The molecule has 0 fully saturated rings. The van der Waals surface area contributed by atoms with Crippen LogP contribution in [-0.4, -0.2) is 18.1 Å². The van der Waals surface area contributed by atoms with Crippen LogP contribution in [-0.2, 0) is 13.0 Å². The van der Waals surface area contributed by atoms with Gasteiger partial charge in [-0.25, -0.2) is 0 Å². The number of hydrogen-bond acceptors (Lipinski definition) is 3. The third kappa shape index (κ3) is 6.14. The average molecular weight is 254 g/mol. The molecule has 14 heavy (non-hydrogen) atoms. The fourth-order valence-corrected chi connectivity index (χ4v) is 7.93.